The van der Waals surface area contributed by atoms with Crippen LogP contribution in [0.4, 0.5) is 0 Å². The Morgan fingerprint density at radius 1 is 1.47 bits per heavy atom. The van der Waals surface area contributed by atoms with Crippen LogP contribution in [0.1, 0.15) is 30.8 Å². The van der Waals surface area contributed by atoms with E-state index in [4.69, 9.17) is 8.22 Å². The van der Waals surface area contributed by atoms with E-state index in [2.05, 4.69) is 15.3 Å². The summed E-state index contributed by atoms with van der Waals surface area (Å²) in [6.07, 6.45) is 4.97. The van der Waals surface area contributed by atoms with Gasteiger partial charge in [-0.05, 0) is 18.5 Å². The van der Waals surface area contributed by atoms with Gasteiger partial charge in [-0.3, -0.25) is 4.79 Å². The number of amides is 1. The smallest absolute Gasteiger partial charge is 0.256 e. The lowest BCUT2D eigenvalue weighted by molar-refractivity contribution is 0.0826. The van der Waals surface area contributed by atoms with E-state index >= 15 is 0 Å². The first kappa shape index (κ1) is 6.26. The number of carbonyl (C=O) groups excluding carboxylic acids is 1. The van der Waals surface area contributed by atoms with Crippen LogP contribution in [0.2, 0.25) is 0 Å². The van der Waals surface area contributed by atoms with E-state index in [1.54, 1.807) is 0 Å². The summed E-state index contributed by atoms with van der Waals surface area (Å²) < 4.78 is 43.5. The van der Waals surface area contributed by atoms with Crippen molar-refractivity contribution in [3.63, 3.8) is 0 Å². The Morgan fingerprint density at radius 2 is 2.24 bits per heavy atom. The molecule has 17 heavy (non-hydrogen) atoms. The summed E-state index contributed by atoms with van der Waals surface area (Å²) in [4.78, 5) is 20.2. The lowest BCUT2D eigenvalue weighted by atomic mass is 10.1. The third-order valence-electron chi connectivity index (χ3n) is 2.45. The molecule has 0 radical (unpaired) electrons. The molecule has 0 saturated heterocycles. The zero-order valence-corrected chi connectivity index (χ0v) is 9.10. The Morgan fingerprint density at radius 3 is 2.82 bits per heavy atom. The van der Waals surface area contributed by atoms with Crippen LogP contribution in [-0.2, 0) is 0 Å². The van der Waals surface area contributed by atoms with Gasteiger partial charge in [0.1, 0.15) is 0 Å². The summed E-state index contributed by atoms with van der Waals surface area (Å²) in [6.45, 7) is -4.68. The van der Waals surface area contributed by atoms with Crippen LogP contribution >= 0.6 is 0 Å². The molecule has 0 aromatic carbocycles. The molecular formula is C12H16N4O. The van der Waals surface area contributed by atoms with E-state index in [-0.39, 0.29) is 10.5 Å². The van der Waals surface area contributed by atoms with E-state index in [1.165, 1.54) is 0 Å². The first-order valence-corrected chi connectivity index (χ1v) is 5.17. The second kappa shape index (κ2) is 5.05. The van der Waals surface area contributed by atoms with Crippen LogP contribution in [0.5, 0.6) is 0 Å². The molecule has 2 heterocycles. The highest BCUT2D eigenvalue weighted by molar-refractivity contribution is 5.93. The van der Waals surface area contributed by atoms with E-state index in [9.17, 15) is 4.79 Å². The zero-order chi connectivity index (χ0) is 17.3. The van der Waals surface area contributed by atoms with E-state index in [0.717, 1.165) is 30.9 Å². The molecule has 0 unspecified atom stereocenters. The summed E-state index contributed by atoms with van der Waals surface area (Å²) in [5.74, 6) is -0.715. The minimum Gasteiger partial charge on any atom is -0.345 e. The fourth-order valence-electron chi connectivity index (χ4n) is 1.56. The van der Waals surface area contributed by atoms with Crippen molar-refractivity contribution in [3.05, 3.63) is 29.9 Å². The first-order chi connectivity index (χ1) is 10.6. The summed E-state index contributed by atoms with van der Waals surface area (Å²) in [6, 6.07) is 0. The molecule has 5 heteroatoms. The highest BCUT2D eigenvalue weighted by Crippen LogP contribution is 2.15. The van der Waals surface area contributed by atoms with Crippen LogP contribution in [0.3, 0.4) is 0 Å². The third-order valence-corrected chi connectivity index (χ3v) is 2.45. The van der Waals surface area contributed by atoms with Gasteiger partial charge in [-0.1, -0.05) is 6.08 Å². The fourth-order valence-corrected chi connectivity index (χ4v) is 1.56. The van der Waals surface area contributed by atoms with Gasteiger partial charge in [-0.15, -0.1) is 0 Å². The summed E-state index contributed by atoms with van der Waals surface area (Å²) >= 11 is 0. The molecule has 0 saturated carbocycles. The highest BCUT2D eigenvalue weighted by atomic mass is 16.2. The van der Waals surface area contributed by atoms with Crippen molar-refractivity contribution in [1.29, 1.82) is 0 Å². The Labute approximate surface area is 109 Å². The number of carbonyl (C=O) groups is 1. The van der Waals surface area contributed by atoms with Crippen molar-refractivity contribution in [3.8, 4) is 0 Å². The van der Waals surface area contributed by atoms with Gasteiger partial charge in [0.2, 0.25) is 0 Å². The van der Waals surface area contributed by atoms with Crippen LogP contribution in [0.15, 0.2) is 18.5 Å². The van der Waals surface area contributed by atoms with Gasteiger partial charge >= 0.3 is 0 Å². The number of hydrogen-bond acceptors (Lipinski definition) is 4. The zero-order valence-electron chi connectivity index (χ0n) is 15.1. The van der Waals surface area contributed by atoms with Gasteiger partial charge in [0.05, 0.1) is 5.56 Å². The van der Waals surface area contributed by atoms with Gasteiger partial charge in [-0.25, -0.2) is 9.97 Å². The minimum absolute atomic E-state index is 0.109. The van der Waals surface area contributed by atoms with Crippen molar-refractivity contribution in [2.75, 3.05) is 27.0 Å². The van der Waals surface area contributed by atoms with Gasteiger partial charge in [0, 0.05) is 41.1 Å². The molecule has 1 aromatic rings. The van der Waals surface area contributed by atoms with Crippen molar-refractivity contribution in [1.82, 2.24) is 20.2 Å². The molecule has 0 aliphatic carbocycles. The lowest BCUT2D eigenvalue weighted by Crippen LogP contribution is -2.23. The average Bonchev–Trinajstić information content (AvgIpc) is 2.45. The third kappa shape index (κ3) is 2.68. The monoisotopic (exact) mass is 238 g/mol. The molecule has 90 valence electrons. The first-order valence-electron chi connectivity index (χ1n) is 8.17. The van der Waals surface area contributed by atoms with Crippen molar-refractivity contribution in [2.24, 2.45) is 0 Å². The largest absolute Gasteiger partial charge is 0.345 e. The number of nitrogens with zero attached hydrogens (tertiary/aromatic N) is 3. The second-order valence-electron chi connectivity index (χ2n) is 3.62. The van der Waals surface area contributed by atoms with E-state index in [0.29, 0.717) is 12.4 Å². The predicted molar refractivity (Wildman–Crippen MR) is 65.5 cm³/mol. The molecule has 0 fully saturated rings. The Kier molecular flexibility index (Phi) is 1.86. The molecule has 5 nitrogen and oxygen atoms in total. The fraction of sp³-hybridized carbons (Fsp3) is 0.417. The van der Waals surface area contributed by atoms with Crippen LogP contribution in [0.25, 0.3) is 5.57 Å². The standard InChI is InChI=1S/C12H16N4O/c1-16(2)12(17)10-7-14-11(15-8-10)9-3-5-13-6-4-9/h3,7-8,13H,4-6H2,1-2H3/i1D3,2D3. The quantitative estimate of drug-likeness (QED) is 0.817. The number of rotatable bonds is 2. The Hall–Kier alpha value is -1.75. The minimum atomic E-state index is -3.08. The molecule has 1 aliphatic rings. The summed E-state index contributed by atoms with van der Waals surface area (Å²) in [5, 5.41) is 3.14. The maximum atomic E-state index is 12.2. The van der Waals surface area contributed by atoms with Crippen molar-refractivity contribution in [2.45, 2.75) is 6.42 Å². The average molecular weight is 238 g/mol. The van der Waals surface area contributed by atoms with E-state index < -0.39 is 19.9 Å². The van der Waals surface area contributed by atoms with Crippen LogP contribution in [0, 0.1) is 0 Å². The summed E-state index contributed by atoms with van der Waals surface area (Å²) in [5.41, 5.74) is 0.738. The SMILES string of the molecule is [2H]C([2H])([2H])N(C(=O)c1cnc(C2=CCNCC2)nc1)C([2H])([2H])[2H]. The number of nitrogens with one attached hydrogen (secondary N) is 1. The molecular weight excluding hydrogens is 216 g/mol. The maximum Gasteiger partial charge on any atom is 0.256 e. The highest BCUT2D eigenvalue weighted by Gasteiger charge is 2.11. The van der Waals surface area contributed by atoms with Crippen molar-refractivity contribution >= 4 is 11.5 Å². The maximum absolute atomic E-state index is 12.2. The van der Waals surface area contributed by atoms with Gasteiger partial charge in [-0.2, -0.15) is 0 Å². The van der Waals surface area contributed by atoms with Crippen LogP contribution < -0.4 is 5.32 Å². The van der Waals surface area contributed by atoms with Crippen LogP contribution in [-0.4, -0.2) is 47.8 Å². The lowest BCUT2D eigenvalue weighted by Gasteiger charge is -2.13. The molecule has 1 aromatic heterocycles. The number of aromatic nitrogens is 2. The predicted octanol–water partition coefficient (Wildman–Crippen LogP) is 0.555. The molecule has 1 aliphatic heterocycles. The molecule has 0 bridgehead atoms. The Bertz CT molecular complexity index is 593. The summed E-state index contributed by atoms with van der Waals surface area (Å²) in [7, 11) is 0. The topological polar surface area (TPSA) is 58.1 Å². The van der Waals surface area contributed by atoms with E-state index in [1.807, 2.05) is 6.08 Å². The van der Waals surface area contributed by atoms with Gasteiger partial charge in [0.25, 0.3) is 5.91 Å². The van der Waals surface area contributed by atoms with Gasteiger partial charge < -0.3 is 10.2 Å². The van der Waals surface area contributed by atoms with Gasteiger partial charge in [0.15, 0.2) is 5.82 Å². The molecule has 1 N–H and O–H groups in total. The number of hydrogen-bond donors (Lipinski definition) is 1. The molecule has 0 spiro atoms. The van der Waals surface area contributed by atoms with Crippen molar-refractivity contribution < 1.29 is 13.0 Å². The normalized spacial score (nSPS) is 22.0. The molecule has 2 rings (SSSR count). The molecule has 0 atom stereocenters. The Balaban J connectivity index is 2.27. The second-order valence-corrected chi connectivity index (χ2v) is 3.62. The molecule has 1 amide bonds.